The lowest BCUT2D eigenvalue weighted by molar-refractivity contribution is 0.226. The maximum absolute atomic E-state index is 5.77. The van der Waals surface area contributed by atoms with Gasteiger partial charge < -0.3 is 10.7 Å². The minimum absolute atomic E-state index is 0.195. The van der Waals surface area contributed by atoms with Crippen LogP contribution in [0.15, 0.2) is 18.3 Å². The zero-order chi connectivity index (χ0) is 14.1. The summed E-state index contributed by atoms with van der Waals surface area (Å²) in [6.07, 6.45) is 4.23. The third-order valence-corrected chi connectivity index (χ3v) is 5.88. The van der Waals surface area contributed by atoms with Crippen LogP contribution >= 0.6 is 0 Å². The molecule has 0 saturated heterocycles. The van der Waals surface area contributed by atoms with Gasteiger partial charge >= 0.3 is 0 Å². The summed E-state index contributed by atoms with van der Waals surface area (Å²) in [5, 5.41) is 0. The number of H-pyrrole nitrogens is 1. The summed E-state index contributed by atoms with van der Waals surface area (Å²) in [6, 6.07) is 3.84. The molecule has 4 nitrogen and oxygen atoms in total. The Labute approximate surface area is 118 Å². The van der Waals surface area contributed by atoms with Crippen LogP contribution in [0.2, 0.25) is 0 Å². The summed E-state index contributed by atoms with van der Waals surface area (Å²) in [6.45, 7) is 7.12. The van der Waals surface area contributed by atoms with Crippen molar-refractivity contribution in [2.24, 2.45) is 5.41 Å². The van der Waals surface area contributed by atoms with E-state index in [1.165, 1.54) is 24.2 Å². The molecule has 2 aliphatic carbocycles. The van der Waals surface area contributed by atoms with Crippen molar-refractivity contribution in [3.8, 4) is 11.4 Å². The van der Waals surface area contributed by atoms with Crippen molar-refractivity contribution < 1.29 is 0 Å². The highest BCUT2D eigenvalue weighted by Crippen LogP contribution is 2.67. The van der Waals surface area contributed by atoms with E-state index in [0.717, 1.165) is 11.4 Å². The lowest BCUT2D eigenvalue weighted by atomic mass is 9.70. The van der Waals surface area contributed by atoms with Crippen molar-refractivity contribution in [1.29, 1.82) is 0 Å². The zero-order valence-electron chi connectivity index (χ0n) is 12.2. The molecule has 1 fully saturated rings. The highest BCUT2D eigenvalue weighted by molar-refractivity contribution is 5.61. The van der Waals surface area contributed by atoms with E-state index in [2.05, 4.69) is 30.7 Å². The summed E-state index contributed by atoms with van der Waals surface area (Å²) in [5.74, 6) is 2.06. The SMILES string of the molecule is CC12CCC(c3[nH]c(-c4ccnc(N)c4)nc31)C2(C)C. The first-order chi connectivity index (χ1) is 9.43. The Morgan fingerprint density at radius 1 is 1.35 bits per heavy atom. The molecule has 2 unspecified atom stereocenters. The van der Waals surface area contributed by atoms with Gasteiger partial charge in [0, 0.05) is 28.8 Å². The Balaban J connectivity index is 1.86. The van der Waals surface area contributed by atoms with Gasteiger partial charge in [-0.15, -0.1) is 0 Å². The number of hydrogen-bond donors (Lipinski definition) is 2. The van der Waals surface area contributed by atoms with Gasteiger partial charge in [0.2, 0.25) is 0 Å². The summed E-state index contributed by atoms with van der Waals surface area (Å²) in [7, 11) is 0. The van der Waals surface area contributed by atoms with Crippen molar-refractivity contribution in [3.63, 3.8) is 0 Å². The zero-order valence-corrected chi connectivity index (χ0v) is 12.2. The fraction of sp³-hybridized carbons (Fsp3) is 0.500. The largest absolute Gasteiger partial charge is 0.384 e. The van der Waals surface area contributed by atoms with Gasteiger partial charge in [-0.25, -0.2) is 9.97 Å². The Kier molecular flexibility index (Phi) is 2.05. The van der Waals surface area contributed by atoms with Crippen LogP contribution in [0.4, 0.5) is 5.82 Å². The van der Waals surface area contributed by atoms with Gasteiger partial charge in [-0.05, 0) is 30.4 Å². The maximum atomic E-state index is 5.77. The molecular formula is C16H20N4. The second-order valence-electron chi connectivity index (χ2n) is 6.96. The van der Waals surface area contributed by atoms with Gasteiger partial charge in [0.1, 0.15) is 11.6 Å². The smallest absolute Gasteiger partial charge is 0.138 e. The van der Waals surface area contributed by atoms with Gasteiger partial charge in [-0.3, -0.25) is 0 Å². The maximum Gasteiger partial charge on any atom is 0.138 e. The topological polar surface area (TPSA) is 67.6 Å². The molecule has 2 aliphatic rings. The van der Waals surface area contributed by atoms with Crippen LogP contribution in [0.1, 0.15) is 50.9 Å². The van der Waals surface area contributed by atoms with Crippen molar-refractivity contribution in [2.75, 3.05) is 5.73 Å². The molecule has 0 aliphatic heterocycles. The molecule has 104 valence electrons. The molecule has 20 heavy (non-hydrogen) atoms. The Morgan fingerprint density at radius 2 is 2.15 bits per heavy atom. The summed E-state index contributed by atoms with van der Waals surface area (Å²) >= 11 is 0. The van der Waals surface area contributed by atoms with Crippen molar-refractivity contribution >= 4 is 5.82 Å². The van der Waals surface area contributed by atoms with E-state index in [1.807, 2.05) is 12.1 Å². The second-order valence-corrected chi connectivity index (χ2v) is 6.96. The Morgan fingerprint density at radius 3 is 2.85 bits per heavy atom. The lowest BCUT2D eigenvalue weighted by Gasteiger charge is -2.34. The average Bonchev–Trinajstić information content (AvgIpc) is 2.96. The van der Waals surface area contributed by atoms with E-state index in [1.54, 1.807) is 6.20 Å². The number of rotatable bonds is 1. The molecule has 4 rings (SSSR count). The number of aromatic nitrogens is 3. The Hall–Kier alpha value is -1.84. The van der Waals surface area contributed by atoms with Crippen LogP contribution in [0.5, 0.6) is 0 Å². The molecule has 2 bridgehead atoms. The van der Waals surface area contributed by atoms with Crippen LogP contribution < -0.4 is 5.73 Å². The van der Waals surface area contributed by atoms with Gasteiger partial charge in [0.25, 0.3) is 0 Å². The van der Waals surface area contributed by atoms with E-state index >= 15 is 0 Å². The molecule has 2 atom stereocenters. The summed E-state index contributed by atoms with van der Waals surface area (Å²) in [4.78, 5) is 12.5. The number of aromatic amines is 1. The summed E-state index contributed by atoms with van der Waals surface area (Å²) < 4.78 is 0. The standard InChI is InChI=1S/C16H20N4/c1-15(2)10-4-6-16(15,3)13-12(10)19-14(20-13)9-5-7-18-11(17)8-9/h5,7-8,10H,4,6H2,1-3H3,(H2,17,18)(H,19,20). The molecule has 2 aromatic heterocycles. The third kappa shape index (κ3) is 1.22. The van der Waals surface area contributed by atoms with Crippen LogP contribution in [0, 0.1) is 5.41 Å². The molecule has 0 amide bonds. The normalized spacial score (nSPS) is 29.6. The molecule has 3 N–H and O–H groups in total. The first-order valence-electron chi connectivity index (χ1n) is 7.26. The van der Waals surface area contributed by atoms with Gasteiger partial charge in [0.05, 0.1) is 5.69 Å². The van der Waals surface area contributed by atoms with Gasteiger partial charge in [-0.2, -0.15) is 0 Å². The van der Waals surface area contributed by atoms with E-state index in [4.69, 9.17) is 10.7 Å². The van der Waals surface area contributed by atoms with E-state index < -0.39 is 0 Å². The second kappa shape index (κ2) is 3.43. The summed E-state index contributed by atoms with van der Waals surface area (Å²) in [5.41, 5.74) is 9.90. The van der Waals surface area contributed by atoms with E-state index in [0.29, 0.717) is 17.2 Å². The minimum Gasteiger partial charge on any atom is -0.384 e. The van der Waals surface area contributed by atoms with Crippen molar-refractivity contribution in [3.05, 3.63) is 29.7 Å². The minimum atomic E-state index is 0.195. The fourth-order valence-electron chi connectivity index (χ4n) is 4.22. The number of nitrogen functional groups attached to an aromatic ring is 1. The third-order valence-electron chi connectivity index (χ3n) is 5.88. The highest BCUT2D eigenvalue weighted by atomic mass is 15.0. The number of imidazole rings is 1. The van der Waals surface area contributed by atoms with Crippen LogP contribution in [0.3, 0.4) is 0 Å². The number of nitrogens with zero attached hydrogens (tertiary/aromatic N) is 2. The van der Waals surface area contributed by atoms with Gasteiger partial charge in [-0.1, -0.05) is 20.8 Å². The van der Waals surface area contributed by atoms with Crippen molar-refractivity contribution in [1.82, 2.24) is 15.0 Å². The molecule has 0 spiro atoms. The molecule has 2 aromatic rings. The lowest BCUT2D eigenvalue weighted by Crippen LogP contribution is -2.31. The first-order valence-corrected chi connectivity index (χ1v) is 7.26. The number of hydrogen-bond acceptors (Lipinski definition) is 3. The highest BCUT2D eigenvalue weighted by Gasteiger charge is 2.61. The predicted octanol–water partition coefficient (Wildman–Crippen LogP) is 3.23. The molecule has 0 aromatic carbocycles. The predicted molar refractivity (Wildman–Crippen MR) is 79.3 cm³/mol. The number of fused-ring (bicyclic) bond motifs is 5. The number of nitrogens with two attached hydrogens (primary N) is 1. The number of pyridine rings is 1. The fourth-order valence-corrected chi connectivity index (χ4v) is 4.22. The number of anilines is 1. The molecule has 4 heteroatoms. The molecule has 2 heterocycles. The number of nitrogens with one attached hydrogen (secondary N) is 1. The quantitative estimate of drug-likeness (QED) is 0.834. The average molecular weight is 268 g/mol. The van der Waals surface area contributed by atoms with E-state index in [9.17, 15) is 0 Å². The van der Waals surface area contributed by atoms with Gasteiger partial charge in [0.15, 0.2) is 0 Å². The molecular weight excluding hydrogens is 248 g/mol. The Bertz CT molecular complexity index is 700. The monoisotopic (exact) mass is 268 g/mol. The van der Waals surface area contributed by atoms with Crippen LogP contribution in [-0.4, -0.2) is 15.0 Å². The van der Waals surface area contributed by atoms with Crippen molar-refractivity contribution in [2.45, 2.75) is 44.9 Å². The first kappa shape index (κ1) is 11.9. The molecule has 0 radical (unpaired) electrons. The van der Waals surface area contributed by atoms with Crippen LogP contribution in [0.25, 0.3) is 11.4 Å². The van der Waals surface area contributed by atoms with E-state index in [-0.39, 0.29) is 5.41 Å². The van der Waals surface area contributed by atoms with Crippen LogP contribution in [-0.2, 0) is 5.41 Å². The molecule has 1 saturated carbocycles.